The van der Waals surface area contributed by atoms with E-state index in [2.05, 4.69) is 25.7 Å². The SMILES string of the molecule is CCCCN(CC)c1ncnc2c1sc1nc(CCC)c3c(c12)CCCC3. The summed E-state index contributed by atoms with van der Waals surface area (Å²) >= 11 is 1.80. The molecule has 0 amide bonds. The number of aromatic nitrogens is 3. The van der Waals surface area contributed by atoms with Gasteiger partial charge in [-0.25, -0.2) is 15.0 Å². The standard InChI is InChI=1S/C22H30N4S/c1-4-7-13-26(6-3)21-20-19(23-14-24-21)18-16-12-9-8-11-15(16)17(10-5-2)25-22(18)27-20/h14H,4-13H2,1-3H3. The summed E-state index contributed by atoms with van der Waals surface area (Å²) in [7, 11) is 0. The normalized spacial score (nSPS) is 14.0. The second-order valence-electron chi connectivity index (χ2n) is 7.56. The van der Waals surface area contributed by atoms with Crippen molar-refractivity contribution in [3.8, 4) is 0 Å². The topological polar surface area (TPSA) is 41.9 Å². The molecule has 3 heterocycles. The molecule has 4 rings (SSSR count). The molecule has 0 bridgehead atoms. The first-order valence-corrected chi connectivity index (χ1v) is 11.4. The van der Waals surface area contributed by atoms with Crippen LogP contribution in [0.3, 0.4) is 0 Å². The van der Waals surface area contributed by atoms with Gasteiger partial charge in [0.2, 0.25) is 0 Å². The van der Waals surface area contributed by atoms with Crippen LogP contribution in [0.25, 0.3) is 20.4 Å². The summed E-state index contributed by atoms with van der Waals surface area (Å²) in [6, 6.07) is 0. The largest absolute Gasteiger partial charge is 0.356 e. The Bertz CT molecular complexity index is 947. The van der Waals surface area contributed by atoms with Crippen LogP contribution in [0.4, 0.5) is 5.82 Å². The van der Waals surface area contributed by atoms with Gasteiger partial charge in [0, 0.05) is 24.2 Å². The Morgan fingerprint density at radius 2 is 1.85 bits per heavy atom. The molecule has 144 valence electrons. The fourth-order valence-corrected chi connectivity index (χ4v) is 5.55. The Morgan fingerprint density at radius 3 is 2.59 bits per heavy atom. The van der Waals surface area contributed by atoms with Crippen molar-refractivity contribution in [2.45, 2.75) is 72.1 Å². The first-order valence-electron chi connectivity index (χ1n) is 10.6. The molecule has 0 saturated carbocycles. The van der Waals surface area contributed by atoms with Crippen LogP contribution in [0.15, 0.2) is 6.33 Å². The zero-order valence-electron chi connectivity index (χ0n) is 16.8. The number of unbranched alkanes of at least 4 members (excludes halogenated alkanes) is 1. The number of fused-ring (bicyclic) bond motifs is 5. The van der Waals surface area contributed by atoms with Crippen LogP contribution in [0.5, 0.6) is 0 Å². The molecule has 4 nitrogen and oxygen atoms in total. The van der Waals surface area contributed by atoms with Gasteiger partial charge in [-0.05, 0) is 56.6 Å². The van der Waals surface area contributed by atoms with Gasteiger partial charge in [0.05, 0.1) is 10.2 Å². The Morgan fingerprint density at radius 1 is 1.04 bits per heavy atom. The van der Waals surface area contributed by atoms with Gasteiger partial charge < -0.3 is 4.90 Å². The lowest BCUT2D eigenvalue weighted by Gasteiger charge is -2.22. The summed E-state index contributed by atoms with van der Waals surface area (Å²) < 4.78 is 1.22. The minimum Gasteiger partial charge on any atom is -0.356 e. The van der Waals surface area contributed by atoms with Crippen LogP contribution in [0.1, 0.15) is 69.7 Å². The fraction of sp³-hybridized carbons (Fsp3) is 0.591. The number of thiophene rings is 1. The van der Waals surface area contributed by atoms with Crippen LogP contribution >= 0.6 is 11.3 Å². The van der Waals surface area contributed by atoms with Crippen molar-refractivity contribution in [2.24, 2.45) is 0 Å². The van der Waals surface area contributed by atoms with E-state index in [0.29, 0.717) is 0 Å². The van der Waals surface area contributed by atoms with Gasteiger partial charge in [0.15, 0.2) is 0 Å². The predicted molar refractivity (Wildman–Crippen MR) is 116 cm³/mol. The van der Waals surface area contributed by atoms with Crippen molar-refractivity contribution in [3.63, 3.8) is 0 Å². The third kappa shape index (κ3) is 3.31. The van der Waals surface area contributed by atoms with E-state index in [4.69, 9.17) is 15.0 Å². The zero-order valence-corrected chi connectivity index (χ0v) is 17.7. The van der Waals surface area contributed by atoms with E-state index in [-0.39, 0.29) is 0 Å². The van der Waals surface area contributed by atoms with Gasteiger partial charge in [-0.15, -0.1) is 11.3 Å². The van der Waals surface area contributed by atoms with E-state index >= 15 is 0 Å². The third-order valence-electron chi connectivity index (χ3n) is 5.74. The quantitative estimate of drug-likeness (QED) is 0.526. The van der Waals surface area contributed by atoms with Crippen LogP contribution in [-0.2, 0) is 19.3 Å². The predicted octanol–water partition coefficient (Wildman–Crippen LogP) is 5.70. The number of hydrogen-bond donors (Lipinski definition) is 0. The van der Waals surface area contributed by atoms with E-state index in [0.717, 1.165) is 37.3 Å². The lowest BCUT2D eigenvalue weighted by Crippen LogP contribution is -2.24. The Balaban J connectivity index is 1.94. The smallest absolute Gasteiger partial charge is 0.150 e. The van der Waals surface area contributed by atoms with Gasteiger partial charge >= 0.3 is 0 Å². The lowest BCUT2D eigenvalue weighted by atomic mass is 9.88. The van der Waals surface area contributed by atoms with Crippen LogP contribution < -0.4 is 4.90 Å². The summed E-state index contributed by atoms with van der Waals surface area (Å²) in [6.07, 6.45) is 11.3. The molecule has 0 aliphatic heterocycles. The summed E-state index contributed by atoms with van der Waals surface area (Å²) in [6.45, 7) is 8.75. The highest BCUT2D eigenvalue weighted by atomic mass is 32.1. The number of anilines is 1. The molecule has 0 unspecified atom stereocenters. The molecule has 1 aliphatic rings. The molecule has 0 atom stereocenters. The van der Waals surface area contributed by atoms with Crippen molar-refractivity contribution in [3.05, 3.63) is 23.1 Å². The van der Waals surface area contributed by atoms with E-state index in [9.17, 15) is 0 Å². The zero-order chi connectivity index (χ0) is 18.8. The fourth-order valence-electron chi connectivity index (χ4n) is 4.36. The van der Waals surface area contributed by atoms with Crippen molar-refractivity contribution in [1.82, 2.24) is 15.0 Å². The minimum atomic E-state index is 0.979. The van der Waals surface area contributed by atoms with Crippen molar-refractivity contribution >= 4 is 37.6 Å². The molecule has 27 heavy (non-hydrogen) atoms. The molecular weight excluding hydrogens is 352 g/mol. The van der Waals surface area contributed by atoms with Gasteiger partial charge in [-0.2, -0.15) is 0 Å². The average molecular weight is 383 g/mol. The second-order valence-corrected chi connectivity index (χ2v) is 8.56. The maximum atomic E-state index is 5.14. The number of nitrogens with zero attached hydrogens (tertiary/aromatic N) is 4. The Kier molecular flexibility index (Phi) is 5.58. The molecule has 0 radical (unpaired) electrons. The van der Waals surface area contributed by atoms with Crippen molar-refractivity contribution in [2.75, 3.05) is 18.0 Å². The lowest BCUT2D eigenvalue weighted by molar-refractivity contribution is 0.675. The van der Waals surface area contributed by atoms with Crippen LogP contribution in [-0.4, -0.2) is 28.0 Å². The second kappa shape index (κ2) is 8.09. The highest BCUT2D eigenvalue weighted by Crippen LogP contribution is 2.41. The molecule has 0 saturated heterocycles. The molecule has 3 aromatic heterocycles. The minimum absolute atomic E-state index is 0.979. The molecule has 0 fully saturated rings. The van der Waals surface area contributed by atoms with Crippen LogP contribution in [0, 0.1) is 0 Å². The van der Waals surface area contributed by atoms with Crippen LogP contribution in [0.2, 0.25) is 0 Å². The van der Waals surface area contributed by atoms with E-state index in [1.165, 1.54) is 70.3 Å². The van der Waals surface area contributed by atoms with E-state index < -0.39 is 0 Å². The molecule has 0 spiro atoms. The molecule has 0 N–H and O–H groups in total. The van der Waals surface area contributed by atoms with Gasteiger partial charge in [-0.1, -0.05) is 26.7 Å². The third-order valence-corrected chi connectivity index (χ3v) is 6.81. The van der Waals surface area contributed by atoms with Crippen molar-refractivity contribution < 1.29 is 0 Å². The maximum Gasteiger partial charge on any atom is 0.150 e. The Labute approximate surface area is 166 Å². The highest BCUT2D eigenvalue weighted by molar-refractivity contribution is 7.26. The van der Waals surface area contributed by atoms with Gasteiger partial charge in [0.1, 0.15) is 17.0 Å². The molecule has 0 aromatic carbocycles. The van der Waals surface area contributed by atoms with Gasteiger partial charge in [-0.3, -0.25) is 0 Å². The summed E-state index contributed by atoms with van der Waals surface area (Å²) in [4.78, 5) is 18.1. The Hall–Kier alpha value is -1.75. The van der Waals surface area contributed by atoms with E-state index in [1.54, 1.807) is 17.7 Å². The molecule has 3 aromatic rings. The average Bonchev–Trinajstić information content (AvgIpc) is 3.08. The van der Waals surface area contributed by atoms with E-state index in [1.807, 2.05) is 0 Å². The number of hydrogen-bond acceptors (Lipinski definition) is 5. The highest BCUT2D eigenvalue weighted by Gasteiger charge is 2.23. The maximum absolute atomic E-state index is 5.14. The summed E-state index contributed by atoms with van der Waals surface area (Å²) in [5.74, 6) is 1.10. The molecule has 5 heteroatoms. The van der Waals surface area contributed by atoms with Crippen molar-refractivity contribution in [1.29, 1.82) is 0 Å². The number of pyridine rings is 1. The molecule has 1 aliphatic carbocycles. The monoisotopic (exact) mass is 382 g/mol. The molecular formula is C22H30N4S. The first kappa shape index (κ1) is 18.6. The summed E-state index contributed by atoms with van der Waals surface area (Å²) in [5.41, 5.74) is 5.51. The summed E-state index contributed by atoms with van der Waals surface area (Å²) in [5, 5.41) is 1.32. The van der Waals surface area contributed by atoms with Gasteiger partial charge in [0.25, 0.3) is 0 Å². The first-order chi connectivity index (χ1) is 13.3. The number of rotatable bonds is 7. The number of aryl methyl sites for hydroxylation is 2.